The van der Waals surface area contributed by atoms with E-state index in [4.69, 9.17) is 19.0 Å². The summed E-state index contributed by atoms with van der Waals surface area (Å²) in [5, 5.41) is 0. The first-order valence-electron chi connectivity index (χ1n) is 2.11. The maximum atomic E-state index is 9.82. The molecule has 60 valence electrons. The zero-order valence-corrected chi connectivity index (χ0v) is 10.3. The fourth-order valence-corrected chi connectivity index (χ4v) is 0. The van der Waals surface area contributed by atoms with Crippen LogP contribution in [0.15, 0.2) is 12.2 Å². The maximum Gasteiger partial charge on any atom is 1.00 e. The first kappa shape index (κ1) is 17.9. The van der Waals surface area contributed by atoms with Crippen LogP contribution in [0.5, 0.6) is 0 Å². The van der Waals surface area contributed by atoms with Crippen LogP contribution in [0.4, 0.5) is 0 Å². The number of primary amides is 1. The standard InChI is InChI=1S/C4H7NO.K.H2O3S/c1-3(2)4(5)6;;1-4(2)3/h1H2,2H3,(H2,5,6);;(H2,1,2,3)/q;+1;/p-1. The third-order valence-electron chi connectivity index (χ3n) is 0.421. The molecule has 0 aliphatic rings. The number of rotatable bonds is 1. The summed E-state index contributed by atoms with van der Waals surface area (Å²) in [6.45, 7) is 4.85. The van der Waals surface area contributed by atoms with Crippen molar-refractivity contribution in [1.29, 1.82) is 0 Å². The van der Waals surface area contributed by atoms with Gasteiger partial charge in [-0.25, -0.2) is 4.21 Å². The van der Waals surface area contributed by atoms with Crippen LogP contribution in [-0.4, -0.2) is 19.2 Å². The molecule has 0 rings (SSSR count). The van der Waals surface area contributed by atoms with Gasteiger partial charge in [0.1, 0.15) is 0 Å². The fourth-order valence-electron chi connectivity index (χ4n) is 0. The first-order valence-corrected chi connectivity index (χ1v) is 3.14. The van der Waals surface area contributed by atoms with E-state index >= 15 is 0 Å². The second-order valence-electron chi connectivity index (χ2n) is 1.36. The van der Waals surface area contributed by atoms with Crippen molar-refractivity contribution in [2.24, 2.45) is 5.73 Å². The molecule has 0 aromatic heterocycles. The van der Waals surface area contributed by atoms with Gasteiger partial charge in [0, 0.05) is 5.57 Å². The van der Waals surface area contributed by atoms with E-state index in [0.29, 0.717) is 5.57 Å². The molecule has 0 fully saturated rings. The van der Waals surface area contributed by atoms with Crippen LogP contribution in [0.3, 0.4) is 0 Å². The van der Waals surface area contributed by atoms with E-state index in [1.807, 2.05) is 0 Å². The molecule has 0 heterocycles. The monoisotopic (exact) mass is 205 g/mol. The van der Waals surface area contributed by atoms with Crippen molar-refractivity contribution in [2.45, 2.75) is 6.92 Å². The van der Waals surface area contributed by atoms with Gasteiger partial charge in [0.05, 0.1) is 11.4 Å². The van der Waals surface area contributed by atoms with Gasteiger partial charge in [0.15, 0.2) is 0 Å². The van der Waals surface area contributed by atoms with Crippen LogP contribution in [0.25, 0.3) is 0 Å². The molecule has 11 heavy (non-hydrogen) atoms. The van der Waals surface area contributed by atoms with Gasteiger partial charge >= 0.3 is 51.4 Å². The molecule has 1 unspecified atom stereocenters. The maximum absolute atomic E-state index is 9.82. The van der Waals surface area contributed by atoms with E-state index < -0.39 is 17.3 Å². The van der Waals surface area contributed by atoms with Gasteiger partial charge in [-0.1, -0.05) is 6.58 Å². The Morgan fingerprint density at radius 2 is 1.82 bits per heavy atom. The molecule has 1 atom stereocenters. The molecular weight excluding hydrogens is 197 g/mol. The van der Waals surface area contributed by atoms with Crippen LogP contribution in [-0.2, 0) is 16.2 Å². The van der Waals surface area contributed by atoms with Gasteiger partial charge in [-0.3, -0.25) is 4.79 Å². The molecule has 0 radical (unpaired) electrons. The Bertz CT molecular complexity index is 144. The summed E-state index contributed by atoms with van der Waals surface area (Å²) in [7, 11) is 0. The SMILES string of the molecule is C=C(C)C(N)=O.O=S([O-])O.[K+]. The molecule has 0 aliphatic carbocycles. The van der Waals surface area contributed by atoms with Crippen molar-refractivity contribution in [3.8, 4) is 0 Å². The van der Waals surface area contributed by atoms with E-state index in [1.165, 1.54) is 0 Å². The van der Waals surface area contributed by atoms with Crippen molar-refractivity contribution in [1.82, 2.24) is 0 Å². The van der Waals surface area contributed by atoms with E-state index in [9.17, 15) is 4.79 Å². The molecular formula is C4H8KNO4S. The molecule has 1 amide bonds. The molecule has 0 saturated carbocycles. The third-order valence-corrected chi connectivity index (χ3v) is 0.421. The van der Waals surface area contributed by atoms with E-state index in [-0.39, 0.29) is 51.4 Å². The summed E-state index contributed by atoms with van der Waals surface area (Å²) >= 11 is -2.86. The minimum absolute atomic E-state index is 0. The Hall–Kier alpha value is 0.916. The quantitative estimate of drug-likeness (QED) is 0.262. The molecule has 0 aliphatic heterocycles. The van der Waals surface area contributed by atoms with Gasteiger partial charge in [-0.2, -0.15) is 0 Å². The summed E-state index contributed by atoms with van der Waals surface area (Å²) in [5.74, 6) is -0.435. The van der Waals surface area contributed by atoms with E-state index in [0.717, 1.165) is 0 Å². The summed E-state index contributed by atoms with van der Waals surface area (Å²) in [4.78, 5) is 9.82. The van der Waals surface area contributed by atoms with Crippen LogP contribution >= 0.6 is 0 Å². The molecule has 0 aromatic carbocycles. The average molecular weight is 205 g/mol. The van der Waals surface area contributed by atoms with Crippen LogP contribution in [0.1, 0.15) is 6.92 Å². The average Bonchev–Trinajstić information content (AvgIpc) is 1.63. The third kappa shape index (κ3) is 35.9. The number of nitrogens with two attached hydrogens (primary N) is 1. The second kappa shape index (κ2) is 10.9. The zero-order chi connectivity index (χ0) is 8.73. The number of carbonyl (C=O) groups is 1. The molecule has 0 saturated heterocycles. The number of hydrogen-bond donors (Lipinski definition) is 2. The Kier molecular flexibility index (Phi) is 17.7. The van der Waals surface area contributed by atoms with Crippen molar-refractivity contribution in [2.75, 3.05) is 0 Å². The Balaban J connectivity index is -0.000000114. The summed E-state index contributed by atoms with van der Waals surface area (Å²) < 4.78 is 24.1. The number of amides is 1. The predicted octanol–water partition coefficient (Wildman–Crippen LogP) is -3.61. The number of carbonyl (C=O) groups excluding carboxylic acids is 1. The topological polar surface area (TPSA) is 103 Å². The second-order valence-corrected chi connectivity index (χ2v) is 1.80. The fraction of sp³-hybridized carbons (Fsp3) is 0.250. The van der Waals surface area contributed by atoms with Crippen molar-refractivity contribution in [3.63, 3.8) is 0 Å². The molecule has 7 heteroatoms. The van der Waals surface area contributed by atoms with Crippen LogP contribution < -0.4 is 57.1 Å². The van der Waals surface area contributed by atoms with Gasteiger partial charge in [0.25, 0.3) is 0 Å². The summed E-state index contributed by atoms with van der Waals surface area (Å²) in [6, 6.07) is 0. The molecule has 5 nitrogen and oxygen atoms in total. The molecule has 0 aromatic rings. The Morgan fingerprint density at radius 1 is 1.73 bits per heavy atom. The van der Waals surface area contributed by atoms with E-state index in [2.05, 4.69) is 6.58 Å². The van der Waals surface area contributed by atoms with Gasteiger partial charge in [0.2, 0.25) is 5.91 Å². The van der Waals surface area contributed by atoms with Gasteiger partial charge in [-0.15, -0.1) is 0 Å². The minimum Gasteiger partial charge on any atom is -0.750 e. The molecule has 0 spiro atoms. The molecule has 0 bridgehead atoms. The summed E-state index contributed by atoms with van der Waals surface area (Å²) in [5.41, 5.74) is 5.09. The van der Waals surface area contributed by atoms with E-state index in [1.54, 1.807) is 6.92 Å². The zero-order valence-electron chi connectivity index (χ0n) is 6.36. The van der Waals surface area contributed by atoms with Crippen molar-refractivity contribution < 1.29 is 69.5 Å². The van der Waals surface area contributed by atoms with Gasteiger partial charge < -0.3 is 14.8 Å². The largest absolute Gasteiger partial charge is 1.00 e. The Labute approximate surface area is 110 Å². The van der Waals surface area contributed by atoms with Crippen LogP contribution in [0, 0.1) is 0 Å². The first-order chi connectivity index (χ1) is 4.37. The van der Waals surface area contributed by atoms with Gasteiger partial charge in [-0.05, 0) is 6.92 Å². The van der Waals surface area contributed by atoms with Crippen molar-refractivity contribution in [3.05, 3.63) is 12.2 Å². The number of hydrogen-bond acceptors (Lipinski definition) is 3. The predicted molar refractivity (Wildman–Crippen MR) is 35.6 cm³/mol. The minimum atomic E-state index is -2.86. The Morgan fingerprint density at radius 3 is 1.82 bits per heavy atom. The summed E-state index contributed by atoms with van der Waals surface area (Å²) in [6.07, 6.45) is 0. The van der Waals surface area contributed by atoms with Crippen molar-refractivity contribution >= 4 is 17.3 Å². The van der Waals surface area contributed by atoms with Crippen LogP contribution in [0.2, 0.25) is 0 Å². The smallest absolute Gasteiger partial charge is 0.750 e. The normalized spacial score (nSPS) is 9.73. The molecule has 3 N–H and O–H groups in total.